The van der Waals surface area contributed by atoms with Gasteiger partial charge in [-0.2, -0.15) is 0 Å². The fraction of sp³-hybridized carbons (Fsp3) is 0.500. The van der Waals surface area contributed by atoms with E-state index in [0.717, 1.165) is 5.56 Å². The number of nitrogens with one attached hydrogen (secondary N) is 3. The van der Waals surface area contributed by atoms with Gasteiger partial charge in [-0.15, -0.1) is 0 Å². The van der Waals surface area contributed by atoms with Gasteiger partial charge in [-0.05, 0) is 37.8 Å². The summed E-state index contributed by atoms with van der Waals surface area (Å²) in [6.07, 6.45) is 1.11. The van der Waals surface area contributed by atoms with Crippen LogP contribution >= 0.6 is 0 Å². The Kier molecular flexibility index (Phi) is 12.9. The molecule has 0 saturated heterocycles. The highest BCUT2D eigenvalue weighted by molar-refractivity contribution is 5.93. The number of unbranched alkanes of at least 4 members (excludes halogenated alkanes) is 1. The molecule has 0 radical (unpaired) electrons. The normalized spacial score (nSPS) is 13.2. The van der Waals surface area contributed by atoms with Gasteiger partial charge >= 0.3 is 5.97 Å². The Hall–Kier alpha value is -3.51. The Morgan fingerprint density at radius 3 is 2.00 bits per heavy atom. The number of hydrogen-bond acceptors (Lipinski definition) is 7. The lowest BCUT2D eigenvalue weighted by molar-refractivity contribution is -0.142. The van der Waals surface area contributed by atoms with Gasteiger partial charge in [0.2, 0.25) is 23.6 Å². The van der Waals surface area contributed by atoms with Crippen molar-refractivity contribution in [3.8, 4) is 0 Å². The molecule has 4 amide bonds. The highest BCUT2D eigenvalue weighted by Gasteiger charge is 2.29. The van der Waals surface area contributed by atoms with E-state index in [9.17, 15) is 29.1 Å². The van der Waals surface area contributed by atoms with E-state index < -0.39 is 47.7 Å². The van der Waals surface area contributed by atoms with Crippen LogP contribution in [-0.2, 0) is 30.4 Å². The molecule has 0 unspecified atom stereocenters. The standard InChI is InChI=1S/C22H34N6O6/c23-11-5-4-8-15(26-19(30)13-24)20(31)28-17(12-14-6-2-1-3-7-14)21(32)27-16(22(33)34)9-10-18(25)29/h1-3,6-7,15-17H,4-5,8-13,23-24H2,(H2,25,29)(H,26,30)(H,27,32)(H,28,31)(H,33,34)/t15-,16-,17-/m0/s1. The molecule has 1 aromatic rings. The molecule has 0 aliphatic rings. The molecule has 3 atom stereocenters. The summed E-state index contributed by atoms with van der Waals surface area (Å²) in [5, 5.41) is 16.9. The van der Waals surface area contributed by atoms with Crippen molar-refractivity contribution in [3.63, 3.8) is 0 Å². The van der Waals surface area contributed by atoms with Crippen LogP contribution in [0, 0.1) is 0 Å². The fourth-order valence-electron chi connectivity index (χ4n) is 3.16. The lowest BCUT2D eigenvalue weighted by atomic mass is 10.0. The number of primary amides is 1. The first kappa shape index (κ1) is 28.5. The van der Waals surface area contributed by atoms with Crippen molar-refractivity contribution in [1.82, 2.24) is 16.0 Å². The van der Waals surface area contributed by atoms with Gasteiger partial charge in [-0.1, -0.05) is 30.3 Å². The van der Waals surface area contributed by atoms with Gasteiger partial charge in [0.1, 0.15) is 18.1 Å². The minimum Gasteiger partial charge on any atom is -0.480 e. The SMILES string of the molecule is NCCCC[C@H](NC(=O)CN)C(=O)N[C@@H](Cc1ccccc1)C(=O)N[C@@H](CCC(N)=O)C(=O)O. The van der Waals surface area contributed by atoms with Crippen LogP contribution in [0.15, 0.2) is 30.3 Å². The maximum atomic E-state index is 13.0. The van der Waals surface area contributed by atoms with E-state index in [2.05, 4.69) is 16.0 Å². The number of aliphatic carboxylic acids is 1. The predicted octanol–water partition coefficient (Wildman–Crippen LogP) is -1.88. The van der Waals surface area contributed by atoms with Crippen molar-refractivity contribution in [1.29, 1.82) is 0 Å². The first-order valence-corrected chi connectivity index (χ1v) is 11.0. The zero-order chi connectivity index (χ0) is 25.5. The maximum Gasteiger partial charge on any atom is 0.326 e. The molecule has 0 aliphatic carbocycles. The quantitative estimate of drug-likeness (QED) is 0.133. The molecular formula is C22H34N6O6. The number of carboxylic acid groups (broad SMARTS) is 1. The van der Waals surface area contributed by atoms with E-state index in [4.69, 9.17) is 17.2 Å². The van der Waals surface area contributed by atoms with Crippen LogP contribution in [0.5, 0.6) is 0 Å². The van der Waals surface area contributed by atoms with Crippen molar-refractivity contribution < 1.29 is 29.1 Å². The summed E-state index contributed by atoms with van der Waals surface area (Å²) in [5.74, 6) is -3.94. The molecule has 0 aromatic heterocycles. The number of amides is 4. The van der Waals surface area contributed by atoms with Crippen LogP contribution in [-0.4, -0.2) is 65.9 Å². The molecule has 0 aliphatic heterocycles. The largest absolute Gasteiger partial charge is 0.480 e. The second kappa shape index (κ2) is 15.3. The fourth-order valence-corrected chi connectivity index (χ4v) is 3.16. The minimum atomic E-state index is -1.37. The van der Waals surface area contributed by atoms with E-state index in [1.165, 1.54) is 0 Å². The van der Waals surface area contributed by atoms with Gasteiger partial charge in [0, 0.05) is 12.8 Å². The Bertz CT molecular complexity index is 834. The second-order valence-electron chi connectivity index (χ2n) is 7.76. The molecule has 188 valence electrons. The van der Waals surface area contributed by atoms with Crippen molar-refractivity contribution in [2.24, 2.45) is 17.2 Å². The number of rotatable bonds is 16. The summed E-state index contributed by atoms with van der Waals surface area (Å²) >= 11 is 0. The molecule has 12 nitrogen and oxygen atoms in total. The Balaban J connectivity index is 3.05. The predicted molar refractivity (Wildman–Crippen MR) is 124 cm³/mol. The van der Waals surface area contributed by atoms with Crippen LogP contribution in [0.25, 0.3) is 0 Å². The lowest BCUT2D eigenvalue weighted by Crippen LogP contribution is -2.56. The zero-order valence-electron chi connectivity index (χ0n) is 19.0. The molecule has 0 spiro atoms. The van der Waals surface area contributed by atoms with Crippen molar-refractivity contribution in [3.05, 3.63) is 35.9 Å². The van der Waals surface area contributed by atoms with Crippen LogP contribution in [0.2, 0.25) is 0 Å². The highest BCUT2D eigenvalue weighted by atomic mass is 16.4. The summed E-state index contributed by atoms with van der Waals surface area (Å²) in [7, 11) is 0. The zero-order valence-corrected chi connectivity index (χ0v) is 19.0. The Morgan fingerprint density at radius 1 is 0.824 bits per heavy atom. The number of carbonyl (C=O) groups is 5. The van der Waals surface area contributed by atoms with E-state index >= 15 is 0 Å². The van der Waals surface area contributed by atoms with E-state index in [1.54, 1.807) is 30.3 Å². The number of nitrogens with two attached hydrogens (primary N) is 3. The average molecular weight is 479 g/mol. The molecule has 0 heterocycles. The Labute approximate surface area is 198 Å². The van der Waals surface area contributed by atoms with Gasteiger partial charge < -0.3 is 38.3 Å². The van der Waals surface area contributed by atoms with Crippen molar-refractivity contribution in [2.45, 2.75) is 56.7 Å². The summed E-state index contributed by atoms with van der Waals surface area (Å²) in [5.41, 5.74) is 16.6. The molecule has 10 N–H and O–H groups in total. The molecule has 12 heteroatoms. The first-order chi connectivity index (χ1) is 16.2. The lowest BCUT2D eigenvalue weighted by Gasteiger charge is -2.24. The van der Waals surface area contributed by atoms with Crippen molar-refractivity contribution >= 4 is 29.6 Å². The molecular weight excluding hydrogens is 444 g/mol. The number of benzene rings is 1. The summed E-state index contributed by atoms with van der Waals surface area (Å²) in [6, 6.07) is 5.36. The van der Waals surface area contributed by atoms with Crippen LogP contribution < -0.4 is 33.2 Å². The van der Waals surface area contributed by atoms with Gasteiger partial charge in [0.25, 0.3) is 0 Å². The van der Waals surface area contributed by atoms with Gasteiger partial charge in [-0.25, -0.2) is 4.79 Å². The van der Waals surface area contributed by atoms with Gasteiger partial charge in [0.05, 0.1) is 6.54 Å². The number of hydrogen-bond donors (Lipinski definition) is 7. The number of carboxylic acids is 1. The Morgan fingerprint density at radius 2 is 1.44 bits per heavy atom. The van der Waals surface area contributed by atoms with E-state index in [-0.39, 0.29) is 32.2 Å². The first-order valence-electron chi connectivity index (χ1n) is 11.0. The van der Waals surface area contributed by atoms with Gasteiger partial charge in [0.15, 0.2) is 0 Å². The third kappa shape index (κ3) is 10.9. The maximum absolute atomic E-state index is 13.0. The molecule has 1 aromatic carbocycles. The summed E-state index contributed by atoms with van der Waals surface area (Å²) < 4.78 is 0. The molecule has 0 bridgehead atoms. The number of carbonyl (C=O) groups excluding carboxylic acids is 4. The van der Waals surface area contributed by atoms with E-state index in [0.29, 0.717) is 19.4 Å². The third-order valence-electron chi connectivity index (χ3n) is 4.99. The molecule has 1 rings (SSSR count). The van der Waals surface area contributed by atoms with Crippen LogP contribution in [0.4, 0.5) is 0 Å². The highest BCUT2D eigenvalue weighted by Crippen LogP contribution is 2.07. The van der Waals surface area contributed by atoms with Crippen molar-refractivity contribution in [2.75, 3.05) is 13.1 Å². The second-order valence-corrected chi connectivity index (χ2v) is 7.76. The molecule has 0 saturated carbocycles. The topological polar surface area (TPSA) is 220 Å². The van der Waals surface area contributed by atoms with Crippen LogP contribution in [0.3, 0.4) is 0 Å². The monoisotopic (exact) mass is 478 g/mol. The molecule has 0 fully saturated rings. The summed E-state index contributed by atoms with van der Waals surface area (Å²) in [6.45, 7) is 0.106. The van der Waals surface area contributed by atoms with E-state index in [1.807, 2.05) is 0 Å². The summed E-state index contributed by atoms with van der Waals surface area (Å²) in [4.78, 5) is 60.3. The minimum absolute atomic E-state index is 0.0704. The average Bonchev–Trinajstić information content (AvgIpc) is 2.80. The molecule has 34 heavy (non-hydrogen) atoms. The third-order valence-corrected chi connectivity index (χ3v) is 4.99. The smallest absolute Gasteiger partial charge is 0.326 e. The van der Waals surface area contributed by atoms with Crippen LogP contribution in [0.1, 0.15) is 37.7 Å². The van der Waals surface area contributed by atoms with Gasteiger partial charge in [-0.3, -0.25) is 19.2 Å².